The molecule has 5 rings (SSSR count). The zero-order chi connectivity index (χ0) is 29.7. The molecule has 42 heavy (non-hydrogen) atoms. The van der Waals surface area contributed by atoms with Crippen molar-refractivity contribution in [2.24, 2.45) is 4.99 Å². The number of halogens is 3. The summed E-state index contributed by atoms with van der Waals surface area (Å²) in [6, 6.07) is 7.78. The zero-order valence-electron chi connectivity index (χ0n) is 24.1. The molecule has 0 spiro atoms. The topological polar surface area (TPSA) is 73.8 Å². The fraction of sp³-hybridized carbons (Fsp3) is 0.485. The molecule has 2 N–H and O–H groups in total. The van der Waals surface area contributed by atoms with Gasteiger partial charge in [0.15, 0.2) is 0 Å². The van der Waals surface area contributed by atoms with Crippen molar-refractivity contribution in [2.75, 3.05) is 32.7 Å². The lowest BCUT2D eigenvalue weighted by atomic mass is 9.70. The predicted molar refractivity (Wildman–Crippen MR) is 159 cm³/mol. The zero-order valence-corrected chi connectivity index (χ0v) is 24.1. The summed E-state index contributed by atoms with van der Waals surface area (Å²) >= 11 is 0. The molecule has 224 valence electrons. The van der Waals surface area contributed by atoms with Gasteiger partial charge in [0.1, 0.15) is 6.54 Å². The van der Waals surface area contributed by atoms with Crippen molar-refractivity contribution in [3.05, 3.63) is 76.9 Å². The van der Waals surface area contributed by atoms with Crippen LogP contribution < -0.4 is 10.6 Å². The third-order valence-electron chi connectivity index (χ3n) is 8.82. The van der Waals surface area contributed by atoms with Crippen molar-refractivity contribution in [1.82, 2.24) is 15.5 Å². The van der Waals surface area contributed by atoms with E-state index in [2.05, 4.69) is 26.6 Å². The first-order valence-corrected chi connectivity index (χ1v) is 14.9. The standard InChI is InChI=1S/C33H39F3N4O2/c1-23-12-13-24(14-18-37-23)30(41)39-25-15-20-40(21-16-25)19-7-6-17-32(31(42)38-22-33(34,35)36)28-10-4-2-8-26(28)27-9-3-5-11-29(27)32/h2-4,8-10,12-14,25H,5-7,11,15-22H2,1H3,(H,38,42)(H,39,41). The number of aliphatic imine (C=N–C) groups is 1. The van der Waals surface area contributed by atoms with Crippen molar-refractivity contribution < 1.29 is 22.8 Å². The molecule has 1 aromatic rings. The molecule has 1 atom stereocenters. The van der Waals surface area contributed by atoms with Crippen LogP contribution in [0.15, 0.2) is 70.8 Å². The molecular formula is C33H39F3N4O2. The second kappa shape index (κ2) is 12.8. The van der Waals surface area contributed by atoms with Gasteiger partial charge < -0.3 is 15.5 Å². The summed E-state index contributed by atoms with van der Waals surface area (Å²) < 4.78 is 39.3. The number of amides is 2. The van der Waals surface area contributed by atoms with E-state index in [9.17, 15) is 22.8 Å². The van der Waals surface area contributed by atoms with Crippen molar-refractivity contribution in [3.8, 4) is 0 Å². The average Bonchev–Trinajstić information content (AvgIpc) is 3.08. The number of nitrogens with one attached hydrogen (secondary N) is 2. The van der Waals surface area contributed by atoms with Gasteiger partial charge in [0, 0.05) is 30.4 Å². The number of rotatable bonds is 9. The van der Waals surface area contributed by atoms with E-state index in [0.29, 0.717) is 31.4 Å². The molecule has 0 bridgehead atoms. The molecule has 6 nitrogen and oxygen atoms in total. The molecule has 1 unspecified atom stereocenters. The second-order valence-corrected chi connectivity index (χ2v) is 11.6. The van der Waals surface area contributed by atoms with Crippen molar-refractivity contribution in [1.29, 1.82) is 0 Å². The fourth-order valence-electron chi connectivity index (χ4n) is 6.68. The highest BCUT2D eigenvalue weighted by Gasteiger charge is 2.50. The Kier molecular flexibility index (Phi) is 9.16. The summed E-state index contributed by atoms with van der Waals surface area (Å²) in [7, 11) is 0. The summed E-state index contributed by atoms with van der Waals surface area (Å²) in [5.41, 5.74) is 4.17. The molecule has 2 aliphatic heterocycles. The third kappa shape index (κ3) is 6.61. The van der Waals surface area contributed by atoms with Gasteiger partial charge in [-0.25, -0.2) is 0 Å². The monoisotopic (exact) mass is 580 g/mol. The maximum Gasteiger partial charge on any atom is 0.405 e. The first-order chi connectivity index (χ1) is 20.2. The Morgan fingerprint density at radius 3 is 2.67 bits per heavy atom. The van der Waals surface area contributed by atoms with Crippen LogP contribution in [0.5, 0.6) is 0 Å². The molecule has 0 radical (unpaired) electrons. The molecule has 2 heterocycles. The van der Waals surface area contributed by atoms with Crippen molar-refractivity contribution in [2.45, 2.75) is 69.5 Å². The Hall–Kier alpha value is -3.46. The van der Waals surface area contributed by atoms with E-state index in [-0.39, 0.29) is 11.9 Å². The Balaban J connectivity index is 1.18. The number of piperidine rings is 1. The summed E-state index contributed by atoms with van der Waals surface area (Å²) in [5, 5.41) is 5.40. The number of fused-ring (bicyclic) bond motifs is 2. The Morgan fingerprint density at radius 2 is 1.88 bits per heavy atom. The number of carbonyl (C=O) groups is 2. The maximum atomic E-state index is 13.7. The quantitative estimate of drug-likeness (QED) is 0.383. The number of likely N-dealkylation sites (tertiary alicyclic amines) is 1. The van der Waals surface area contributed by atoms with Crippen LogP contribution in [0.2, 0.25) is 0 Å². The number of hydrogen-bond donors (Lipinski definition) is 2. The molecule has 4 aliphatic rings. The highest BCUT2D eigenvalue weighted by atomic mass is 19.4. The van der Waals surface area contributed by atoms with Crippen LogP contribution >= 0.6 is 0 Å². The molecule has 2 amide bonds. The number of hydrogen-bond acceptors (Lipinski definition) is 4. The average molecular weight is 581 g/mol. The largest absolute Gasteiger partial charge is 0.405 e. The summed E-state index contributed by atoms with van der Waals surface area (Å²) in [5.74, 6) is -0.615. The van der Waals surface area contributed by atoms with Crippen LogP contribution in [0, 0.1) is 0 Å². The van der Waals surface area contributed by atoms with Gasteiger partial charge in [-0.15, -0.1) is 0 Å². The molecule has 0 aromatic heterocycles. The van der Waals surface area contributed by atoms with Gasteiger partial charge in [0.25, 0.3) is 5.91 Å². The summed E-state index contributed by atoms with van der Waals surface area (Å²) in [4.78, 5) is 33.1. The number of alkyl halides is 3. The van der Waals surface area contributed by atoms with Crippen LogP contribution in [0.4, 0.5) is 13.2 Å². The number of nitrogens with zero attached hydrogens (tertiary/aromatic N) is 2. The Labute approximate surface area is 245 Å². The first-order valence-electron chi connectivity index (χ1n) is 14.9. The van der Waals surface area contributed by atoms with E-state index >= 15 is 0 Å². The van der Waals surface area contributed by atoms with Gasteiger partial charge >= 0.3 is 6.18 Å². The molecule has 2 aliphatic carbocycles. The molecule has 1 fully saturated rings. The number of unbranched alkanes of at least 4 members (excludes halogenated alkanes) is 1. The van der Waals surface area contributed by atoms with E-state index in [1.54, 1.807) is 0 Å². The molecule has 1 saturated heterocycles. The molecular weight excluding hydrogens is 541 g/mol. The first kappa shape index (κ1) is 30.0. The highest BCUT2D eigenvalue weighted by Crippen LogP contribution is 2.53. The van der Waals surface area contributed by atoms with E-state index in [1.165, 1.54) is 0 Å². The smallest absolute Gasteiger partial charge is 0.349 e. The second-order valence-electron chi connectivity index (χ2n) is 11.6. The van der Waals surface area contributed by atoms with Gasteiger partial charge in [-0.05, 0) is 86.4 Å². The van der Waals surface area contributed by atoms with Crippen molar-refractivity contribution in [3.63, 3.8) is 0 Å². The van der Waals surface area contributed by atoms with Crippen LogP contribution in [-0.4, -0.2) is 67.4 Å². The maximum absolute atomic E-state index is 13.7. The van der Waals surface area contributed by atoms with Crippen LogP contribution in [0.1, 0.15) is 63.0 Å². The lowest BCUT2D eigenvalue weighted by Crippen LogP contribution is -2.48. The fourth-order valence-corrected chi connectivity index (χ4v) is 6.68. The van der Waals surface area contributed by atoms with E-state index in [1.807, 2.05) is 55.5 Å². The van der Waals surface area contributed by atoms with E-state index < -0.39 is 24.0 Å². The van der Waals surface area contributed by atoms with Gasteiger partial charge in [-0.3, -0.25) is 14.6 Å². The summed E-state index contributed by atoms with van der Waals surface area (Å²) in [6.07, 6.45) is 10.3. The number of benzene rings is 1. The predicted octanol–water partition coefficient (Wildman–Crippen LogP) is 5.43. The minimum absolute atomic E-state index is 0.0632. The van der Waals surface area contributed by atoms with E-state index in [0.717, 1.165) is 73.3 Å². The third-order valence-corrected chi connectivity index (χ3v) is 8.82. The van der Waals surface area contributed by atoms with Crippen LogP contribution in [-0.2, 0) is 15.0 Å². The number of carbonyl (C=O) groups excluding carboxylic acids is 2. The minimum Gasteiger partial charge on any atom is -0.349 e. The normalized spacial score (nSPS) is 22.7. The molecule has 9 heteroatoms. The van der Waals surface area contributed by atoms with Gasteiger partial charge in [0.2, 0.25) is 5.91 Å². The van der Waals surface area contributed by atoms with Gasteiger partial charge in [-0.2, -0.15) is 13.2 Å². The highest BCUT2D eigenvalue weighted by molar-refractivity contribution is 6.02. The minimum atomic E-state index is -4.47. The van der Waals surface area contributed by atoms with Crippen LogP contribution in [0.25, 0.3) is 5.57 Å². The molecule has 0 saturated carbocycles. The van der Waals surface area contributed by atoms with Crippen molar-refractivity contribution >= 4 is 23.1 Å². The van der Waals surface area contributed by atoms with Crippen LogP contribution in [0.3, 0.4) is 0 Å². The Morgan fingerprint density at radius 1 is 1.10 bits per heavy atom. The number of allylic oxidation sites excluding steroid dienone is 4. The Bertz CT molecular complexity index is 1350. The lowest BCUT2D eigenvalue weighted by Gasteiger charge is -2.35. The van der Waals surface area contributed by atoms with Gasteiger partial charge in [0.05, 0.1) is 12.0 Å². The SMILES string of the molecule is CC1=NCC=C(C(=O)NC2CCN(CCCCC3(C(=O)NCC(F)(F)F)C4=C(C=CCC4)c4ccccc43)CC2)C=C1. The van der Waals surface area contributed by atoms with Gasteiger partial charge in [-0.1, -0.05) is 48.9 Å². The summed E-state index contributed by atoms with van der Waals surface area (Å²) in [6.45, 7) is 3.66. The lowest BCUT2D eigenvalue weighted by molar-refractivity contribution is -0.141. The van der Waals surface area contributed by atoms with E-state index in [4.69, 9.17) is 0 Å². The molecule has 1 aromatic carbocycles.